The van der Waals surface area contributed by atoms with Gasteiger partial charge in [0.05, 0.1) is 28.6 Å². The minimum absolute atomic E-state index is 0.378. The predicted octanol–water partition coefficient (Wildman–Crippen LogP) is 1.06. The summed E-state index contributed by atoms with van der Waals surface area (Å²) in [5.74, 6) is -4.02. The van der Waals surface area contributed by atoms with E-state index in [4.69, 9.17) is 14.9 Å². The fraction of sp³-hybridized carbons (Fsp3) is 0.0909. The van der Waals surface area contributed by atoms with Crippen molar-refractivity contribution in [3.8, 4) is 5.75 Å². The van der Waals surface area contributed by atoms with Crippen molar-refractivity contribution in [3.63, 3.8) is 0 Å². The number of carboxylic acid groups (broad SMARTS) is 2. The van der Waals surface area contributed by atoms with Crippen molar-refractivity contribution >= 4 is 29.4 Å². The van der Waals surface area contributed by atoms with Crippen molar-refractivity contribution in [3.05, 3.63) is 43.5 Å². The first-order valence-corrected chi connectivity index (χ1v) is 5.38. The zero-order chi connectivity index (χ0) is 17.0. The van der Waals surface area contributed by atoms with Gasteiger partial charge in [-0.25, -0.2) is 9.59 Å². The van der Waals surface area contributed by atoms with Gasteiger partial charge in [0, 0.05) is 6.07 Å². The van der Waals surface area contributed by atoms with Gasteiger partial charge in [-0.3, -0.25) is 20.2 Å². The van der Waals surface area contributed by atoms with Gasteiger partial charge < -0.3 is 14.9 Å². The van der Waals surface area contributed by atoms with Crippen LogP contribution in [0.25, 0.3) is 6.08 Å². The molecule has 0 saturated heterocycles. The maximum absolute atomic E-state index is 10.9. The SMILES string of the molecule is COc1cc(C=C(C(=O)O)C(=O)O)c([N+](=O)[O-])cc1[N+](=O)[O-]. The van der Waals surface area contributed by atoms with E-state index < -0.39 is 44.3 Å². The van der Waals surface area contributed by atoms with Crippen LogP contribution in [-0.2, 0) is 9.59 Å². The highest BCUT2D eigenvalue weighted by Crippen LogP contribution is 2.35. The average Bonchev–Trinajstić information content (AvgIpc) is 2.42. The highest BCUT2D eigenvalue weighted by Gasteiger charge is 2.26. The standard InChI is InChI=1S/C11H8N2O9/c1-22-9-3-5(2-6(10(14)15)11(16)17)7(12(18)19)4-8(9)13(20)21/h2-4H,1H3,(H,14,15)(H,16,17). The van der Waals surface area contributed by atoms with Gasteiger partial charge in [0.25, 0.3) is 5.69 Å². The Hall–Kier alpha value is -3.50. The molecule has 0 atom stereocenters. The van der Waals surface area contributed by atoms with Gasteiger partial charge in [-0.05, 0) is 6.08 Å². The molecule has 116 valence electrons. The molecule has 0 radical (unpaired) electrons. The summed E-state index contributed by atoms with van der Waals surface area (Å²) in [6, 6.07) is 1.38. The van der Waals surface area contributed by atoms with Gasteiger partial charge in [-0.15, -0.1) is 0 Å². The zero-order valence-corrected chi connectivity index (χ0v) is 10.9. The number of ether oxygens (including phenoxy) is 1. The molecule has 0 aliphatic carbocycles. The number of carboxylic acids is 2. The van der Waals surface area contributed by atoms with E-state index in [-0.39, 0.29) is 5.75 Å². The molecule has 22 heavy (non-hydrogen) atoms. The fourth-order valence-corrected chi connectivity index (χ4v) is 1.52. The van der Waals surface area contributed by atoms with E-state index in [9.17, 15) is 29.8 Å². The minimum Gasteiger partial charge on any atom is -0.490 e. The molecule has 0 amide bonds. The molecule has 0 heterocycles. The number of methoxy groups -OCH3 is 1. The molecule has 1 aromatic carbocycles. The van der Waals surface area contributed by atoms with Crippen LogP contribution in [0.15, 0.2) is 17.7 Å². The summed E-state index contributed by atoms with van der Waals surface area (Å²) in [6.07, 6.45) is 0.523. The second-order valence-corrected chi connectivity index (χ2v) is 3.77. The number of rotatable bonds is 6. The van der Waals surface area contributed by atoms with Gasteiger partial charge in [0.15, 0.2) is 5.75 Å². The first-order valence-electron chi connectivity index (χ1n) is 5.38. The number of hydrogen-bond acceptors (Lipinski definition) is 7. The molecule has 1 aromatic rings. The van der Waals surface area contributed by atoms with Crippen molar-refractivity contribution in [2.45, 2.75) is 0 Å². The number of nitrogens with zero attached hydrogens (tertiary/aromatic N) is 2. The van der Waals surface area contributed by atoms with Crippen LogP contribution in [0, 0.1) is 20.2 Å². The number of benzene rings is 1. The minimum atomic E-state index is -1.82. The van der Waals surface area contributed by atoms with Gasteiger partial charge in [-0.1, -0.05) is 0 Å². The van der Waals surface area contributed by atoms with Crippen molar-refractivity contribution in [2.75, 3.05) is 7.11 Å². The van der Waals surface area contributed by atoms with Crippen LogP contribution >= 0.6 is 0 Å². The van der Waals surface area contributed by atoms with Crippen molar-refractivity contribution < 1.29 is 34.4 Å². The van der Waals surface area contributed by atoms with Gasteiger partial charge in [-0.2, -0.15) is 0 Å². The Morgan fingerprint density at radius 2 is 1.59 bits per heavy atom. The quantitative estimate of drug-likeness (QED) is 0.256. The molecule has 0 unspecified atom stereocenters. The number of hydrogen-bond donors (Lipinski definition) is 2. The van der Waals surface area contributed by atoms with Crippen LogP contribution in [0.2, 0.25) is 0 Å². The average molecular weight is 312 g/mol. The topological polar surface area (TPSA) is 170 Å². The highest BCUT2D eigenvalue weighted by atomic mass is 16.6. The van der Waals surface area contributed by atoms with E-state index in [1.165, 1.54) is 0 Å². The van der Waals surface area contributed by atoms with E-state index in [1.54, 1.807) is 0 Å². The maximum atomic E-state index is 10.9. The van der Waals surface area contributed by atoms with E-state index in [0.717, 1.165) is 13.2 Å². The summed E-state index contributed by atoms with van der Waals surface area (Å²) in [5, 5.41) is 39.2. The molecule has 0 aliphatic rings. The van der Waals surface area contributed by atoms with Crippen LogP contribution in [-0.4, -0.2) is 39.1 Å². The molecule has 0 aliphatic heterocycles. The van der Waals surface area contributed by atoms with E-state index in [1.807, 2.05) is 0 Å². The Bertz CT molecular complexity index is 692. The predicted molar refractivity (Wildman–Crippen MR) is 69.6 cm³/mol. The molecular weight excluding hydrogens is 304 g/mol. The van der Waals surface area contributed by atoms with Crippen LogP contribution in [0.4, 0.5) is 11.4 Å². The number of nitro benzene ring substituents is 2. The van der Waals surface area contributed by atoms with Crippen LogP contribution < -0.4 is 4.74 Å². The largest absolute Gasteiger partial charge is 0.490 e. The van der Waals surface area contributed by atoms with Crippen LogP contribution in [0.1, 0.15) is 5.56 Å². The van der Waals surface area contributed by atoms with Crippen molar-refractivity contribution in [1.82, 2.24) is 0 Å². The summed E-state index contributed by atoms with van der Waals surface area (Å²) in [5.41, 5.74) is -3.13. The third kappa shape index (κ3) is 3.33. The van der Waals surface area contributed by atoms with Crippen LogP contribution in [0.3, 0.4) is 0 Å². The number of carbonyl (C=O) groups is 2. The lowest BCUT2D eigenvalue weighted by atomic mass is 10.1. The second-order valence-electron chi connectivity index (χ2n) is 3.77. The Kier molecular flexibility index (Phi) is 4.74. The van der Waals surface area contributed by atoms with Crippen molar-refractivity contribution in [1.29, 1.82) is 0 Å². The third-order valence-electron chi connectivity index (χ3n) is 2.48. The summed E-state index contributed by atoms with van der Waals surface area (Å²) >= 11 is 0. The molecule has 0 saturated carbocycles. The molecule has 1 rings (SSSR count). The zero-order valence-electron chi connectivity index (χ0n) is 10.9. The second kappa shape index (κ2) is 6.30. The summed E-state index contributed by atoms with van der Waals surface area (Å²) < 4.78 is 4.70. The molecule has 11 heteroatoms. The first kappa shape index (κ1) is 16.6. The molecule has 0 bridgehead atoms. The van der Waals surface area contributed by atoms with Gasteiger partial charge >= 0.3 is 17.6 Å². The lowest BCUT2D eigenvalue weighted by molar-refractivity contribution is -0.394. The molecule has 2 N–H and O–H groups in total. The summed E-state index contributed by atoms with van der Waals surface area (Å²) in [4.78, 5) is 41.4. The summed E-state index contributed by atoms with van der Waals surface area (Å²) in [7, 11) is 1.07. The van der Waals surface area contributed by atoms with E-state index in [2.05, 4.69) is 0 Å². The molecule has 0 fully saturated rings. The number of aliphatic carboxylic acids is 2. The highest BCUT2D eigenvalue weighted by molar-refractivity contribution is 6.16. The third-order valence-corrected chi connectivity index (χ3v) is 2.48. The first-order chi connectivity index (χ1) is 10.2. The Labute approximate surface area is 121 Å². The monoisotopic (exact) mass is 312 g/mol. The maximum Gasteiger partial charge on any atom is 0.343 e. The van der Waals surface area contributed by atoms with Crippen molar-refractivity contribution in [2.24, 2.45) is 0 Å². The van der Waals surface area contributed by atoms with Gasteiger partial charge in [0.2, 0.25) is 0 Å². The summed E-state index contributed by atoms with van der Waals surface area (Å²) in [6.45, 7) is 0. The van der Waals surface area contributed by atoms with E-state index in [0.29, 0.717) is 12.1 Å². The molecule has 11 nitrogen and oxygen atoms in total. The fourth-order valence-electron chi connectivity index (χ4n) is 1.52. The normalized spacial score (nSPS) is 9.68. The lowest BCUT2D eigenvalue weighted by Crippen LogP contribution is -2.11. The molecule has 0 aromatic heterocycles. The Morgan fingerprint density at radius 3 is 1.95 bits per heavy atom. The molecule has 0 spiro atoms. The van der Waals surface area contributed by atoms with E-state index >= 15 is 0 Å². The number of nitro groups is 2. The molecular formula is C11H8N2O9. The Morgan fingerprint density at radius 1 is 1.09 bits per heavy atom. The van der Waals surface area contributed by atoms with Crippen LogP contribution in [0.5, 0.6) is 5.75 Å². The Balaban J connectivity index is 3.69. The lowest BCUT2D eigenvalue weighted by Gasteiger charge is -2.05. The smallest absolute Gasteiger partial charge is 0.343 e. The van der Waals surface area contributed by atoms with Gasteiger partial charge in [0.1, 0.15) is 5.57 Å².